The molecule has 2 aromatic carbocycles. The quantitative estimate of drug-likeness (QED) is 0.876. The number of thioether (sulfide) groups is 1. The van der Waals surface area contributed by atoms with Crippen LogP contribution in [0.25, 0.3) is 0 Å². The highest BCUT2D eigenvalue weighted by Crippen LogP contribution is 2.40. The van der Waals surface area contributed by atoms with Crippen molar-refractivity contribution in [3.63, 3.8) is 0 Å². The van der Waals surface area contributed by atoms with Crippen molar-refractivity contribution < 1.29 is 9.59 Å². The van der Waals surface area contributed by atoms with E-state index < -0.39 is 0 Å². The Morgan fingerprint density at radius 3 is 2.58 bits per heavy atom. The molecule has 1 N–H and O–H groups in total. The van der Waals surface area contributed by atoms with Crippen LogP contribution in [0.1, 0.15) is 16.5 Å². The number of nitrogens with zero attached hydrogens (tertiary/aromatic N) is 1. The van der Waals surface area contributed by atoms with Crippen LogP contribution in [0.3, 0.4) is 0 Å². The summed E-state index contributed by atoms with van der Waals surface area (Å²) in [6.07, 6.45) is 0.168. The van der Waals surface area contributed by atoms with Gasteiger partial charge in [-0.25, -0.2) is 5.01 Å². The van der Waals surface area contributed by atoms with Gasteiger partial charge in [-0.2, -0.15) is 0 Å². The third-order valence-corrected chi connectivity index (χ3v) is 5.35. The van der Waals surface area contributed by atoms with E-state index in [4.69, 9.17) is 23.2 Å². The lowest BCUT2D eigenvalue weighted by atomic mass is 10.1. The summed E-state index contributed by atoms with van der Waals surface area (Å²) in [5, 5.41) is 2.23. The maximum absolute atomic E-state index is 12.3. The smallest absolute Gasteiger partial charge is 0.252 e. The molecule has 1 atom stereocenters. The molecule has 0 bridgehead atoms. The van der Waals surface area contributed by atoms with Crippen LogP contribution in [0.4, 0.5) is 0 Å². The number of nitrogens with one attached hydrogen (secondary N) is 1. The van der Waals surface area contributed by atoms with Gasteiger partial charge in [-0.3, -0.25) is 15.0 Å². The summed E-state index contributed by atoms with van der Waals surface area (Å²) in [5.41, 5.74) is 4.33. The molecule has 24 heavy (non-hydrogen) atoms. The maximum atomic E-state index is 12.3. The van der Waals surface area contributed by atoms with Crippen molar-refractivity contribution in [2.24, 2.45) is 0 Å². The number of carbonyl (C=O) groups is 2. The number of benzene rings is 2. The Morgan fingerprint density at radius 1 is 1.17 bits per heavy atom. The topological polar surface area (TPSA) is 49.4 Å². The van der Waals surface area contributed by atoms with Crippen molar-refractivity contribution in [2.45, 2.75) is 11.8 Å². The molecule has 1 heterocycles. The van der Waals surface area contributed by atoms with E-state index in [2.05, 4.69) is 5.43 Å². The van der Waals surface area contributed by atoms with E-state index in [1.165, 1.54) is 16.8 Å². The van der Waals surface area contributed by atoms with Crippen molar-refractivity contribution in [1.82, 2.24) is 10.4 Å². The SMILES string of the molecule is O=C(Cc1ccc(Cl)cc1)NN1C(=O)CSC1c1ccccc1Cl. The van der Waals surface area contributed by atoms with E-state index in [9.17, 15) is 9.59 Å². The lowest BCUT2D eigenvalue weighted by Gasteiger charge is -2.25. The predicted octanol–water partition coefficient (Wildman–Crippen LogP) is 3.84. The minimum absolute atomic E-state index is 0.144. The second kappa shape index (κ2) is 7.47. The van der Waals surface area contributed by atoms with Gasteiger partial charge in [0.1, 0.15) is 5.37 Å². The Balaban J connectivity index is 1.72. The molecular formula is C17H14Cl2N2O2S. The van der Waals surface area contributed by atoms with Crippen molar-refractivity contribution >= 4 is 46.8 Å². The Morgan fingerprint density at radius 2 is 1.88 bits per heavy atom. The highest BCUT2D eigenvalue weighted by molar-refractivity contribution is 8.00. The summed E-state index contributed by atoms with van der Waals surface area (Å²) in [6, 6.07) is 14.4. The molecule has 1 aliphatic rings. The summed E-state index contributed by atoms with van der Waals surface area (Å²) in [4.78, 5) is 24.4. The van der Waals surface area contributed by atoms with Gasteiger partial charge in [0.15, 0.2) is 0 Å². The molecular weight excluding hydrogens is 367 g/mol. The van der Waals surface area contributed by atoms with E-state index in [0.717, 1.165) is 11.1 Å². The Hall–Kier alpha value is -1.69. The molecule has 3 rings (SSSR count). The van der Waals surface area contributed by atoms with Crippen molar-refractivity contribution in [1.29, 1.82) is 0 Å². The highest BCUT2D eigenvalue weighted by Gasteiger charge is 2.35. The third-order valence-electron chi connectivity index (χ3n) is 3.56. The van der Waals surface area contributed by atoms with Crippen LogP contribution in [0.5, 0.6) is 0 Å². The van der Waals surface area contributed by atoms with Gasteiger partial charge in [-0.1, -0.05) is 53.5 Å². The molecule has 1 fully saturated rings. The minimum atomic E-state index is -0.319. The van der Waals surface area contributed by atoms with Gasteiger partial charge in [0.2, 0.25) is 5.91 Å². The number of carbonyl (C=O) groups excluding carboxylic acids is 2. The first kappa shape index (κ1) is 17.1. The molecule has 2 aromatic rings. The highest BCUT2D eigenvalue weighted by atomic mass is 35.5. The molecule has 0 saturated carbocycles. The first-order valence-corrected chi connectivity index (χ1v) is 9.07. The van der Waals surface area contributed by atoms with E-state index in [1.54, 1.807) is 30.3 Å². The number of hydrogen-bond donors (Lipinski definition) is 1. The molecule has 124 valence electrons. The van der Waals surface area contributed by atoms with E-state index in [1.807, 2.05) is 18.2 Å². The van der Waals surface area contributed by atoms with Crippen LogP contribution in [0.15, 0.2) is 48.5 Å². The fraction of sp³-hybridized carbons (Fsp3) is 0.176. The number of rotatable bonds is 4. The van der Waals surface area contributed by atoms with Crippen LogP contribution in [0, 0.1) is 0 Å². The monoisotopic (exact) mass is 380 g/mol. The number of hydrogen-bond acceptors (Lipinski definition) is 3. The molecule has 1 unspecified atom stereocenters. The molecule has 0 aliphatic carbocycles. The molecule has 4 nitrogen and oxygen atoms in total. The predicted molar refractivity (Wildman–Crippen MR) is 96.8 cm³/mol. The lowest BCUT2D eigenvalue weighted by Crippen LogP contribution is -2.45. The van der Waals surface area contributed by atoms with Gasteiger partial charge in [0.05, 0.1) is 12.2 Å². The second-order valence-electron chi connectivity index (χ2n) is 5.29. The number of amides is 2. The van der Waals surface area contributed by atoms with Gasteiger partial charge in [0, 0.05) is 15.6 Å². The first-order valence-electron chi connectivity index (χ1n) is 7.26. The summed E-state index contributed by atoms with van der Waals surface area (Å²) in [7, 11) is 0. The van der Waals surface area contributed by atoms with Gasteiger partial charge >= 0.3 is 0 Å². The second-order valence-corrected chi connectivity index (χ2v) is 7.20. The zero-order chi connectivity index (χ0) is 17.1. The molecule has 0 aromatic heterocycles. The minimum Gasteiger partial charge on any atom is -0.273 e. The van der Waals surface area contributed by atoms with Crippen molar-refractivity contribution in [3.8, 4) is 0 Å². The van der Waals surface area contributed by atoms with Crippen LogP contribution in [-0.4, -0.2) is 22.6 Å². The zero-order valence-corrected chi connectivity index (χ0v) is 14.9. The molecule has 1 saturated heterocycles. The molecule has 0 spiro atoms. The third kappa shape index (κ3) is 3.86. The van der Waals surface area contributed by atoms with Crippen LogP contribution in [-0.2, 0) is 16.0 Å². The van der Waals surface area contributed by atoms with Gasteiger partial charge in [-0.15, -0.1) is 11.8 Å². The van der Waals surface area contributed by atoms with Gasteiger partial charge in [0.25, 0.3) is 5.91 Å². The first-order chi connectivity index (χ1) is 11.5. The van der Waals surface area contributed by atoms with E-state index in [0.29, 0.717) is 15.8 Å². The fourth-order valence-electron chi connectivity index (χ4n) is 2.41. The molecule has 0 radical (unpaired) electrons. The van der Waals surface area contributed by atoms with Crippen LogP contribution in [0.2, 0.25) is 10.0 Å². The summed E-state index contributed by atoms with van der Waals surface area (Å²) in [5.74, 6) is -0.100. The Bertz CT molecular complexity index is 767. The number of hydrazine groups is 1. The van der Waals surface area contributed by atoms with Crippen LogP contribution < -0.4 is 5.43 Å². The van der Waals surface area contributed by atoms with E-state index in [-0.39, 0.29) is 23.6 Å². The average molecular weight is 381 g/mol. The van der Waals surface area contributed by atoms with E-state index >= 15 is 0 Å². The largest absolute Gasteiger partial charge is 0.273 e. The van der Waals surface area contributed by atoms with Crippen LogP contribution >= 0.6 is 35.0 Å². The average Bonchev–Trinajstić information content (AvgIpc) is 2.91. The zero-order valence-electron chi connectivity index (χ0n) is 12.5. The number of halogens is 2. The Labute approximate surface area is 154 Å². The van der Waals surface area contributed by atoms with Crippen molar-refractivity contribution in [3.05, 3.63) is 69.7 Å². The Kier molecular flexibility index (Phi) is 5.33. The normalized spacial score (nSPS) is 17.2. The van der Waals surface area contributed by atoms with Crippen molar-refractivity contribution in [2.75, 3.05) is 5.75 Å². The standard InChI is InChI=1S/C17H14Cl2N2O2S/c18-12-7-5-11(6-8-12)9-15(22)20-21-16(23)10-24-17(21)13-3-1-2-4-14(13)19/h1-8,17H,9-10H2,(H,20,22). The lowest BCUT2D eigenvalue weighted by molar-refractivity contribution is -0.139. The molecule has 2 amide bonds. The molecule has 7 heteroatoms. The maximum Gasteiger partial charge on any atom is 0.252 e. The van der Waals surface area contributed by atoms with Gasteiger partial charge in [-0.05, 0) is 23.8 Å². The molecule has 1 aliphatic heterocycles. The summed E-state index contributed by atoms with van der Waals surface area (Å²) >= 11 is 13.5. The fourth-order valence-corrected chi connectivity index (χ4v) is 3.99. The van der Waals surface area contributed by atoms with Gasteiger partial charge < -0.3 is 0 Å². The summed E-state index contributed by atoms with van der Waals surface area (Å²) < 4.78 is 0. The summed E-state index contributed by atoms with van der Waals surface area (Å²) in [6.45, 7) is 0.